The quantitative estimate of drug-likeness (QED) is 0.651. The number of anilines is 1. The van der Waals surface area contributed by atoms with Crippen LogP contribution in [-0.2, 0) is 7.05 Å². The number of fused-ring (bicyclic) bond motifs is 1. The van der Waals surface area contributed by atoms with Crippen LogP contribution in [0.4, 0.5) is 5.13 Å². The van der Waals surface area contributed by atoms with Crippen molar-refractivity contribution in [3.63, 3.8) is 0 Å². The molecule has 0 unspecified atom stereocenters. The zero-order chi connectivity index (χ0) is 19.7. The molecule has 0 saturated heterocycles. The minimum Gasteiger partial charge on any atom is -0.309 e. The topological polar surface area (TPSA) is 54.3 Å². The normalized spacial score (nSPS) is 11.5. The lowest BCUT2D eigenvalue weighted by molar-refractivity contribution is 0.0976. The number of rotatable bonds is 6. The van der Waals surface area contributed by atoms with Crippen molar-refractivity contribution >= 4 is 32.6 Å². The van der Waals surface area contributed by atoms with Crippen LogP contribution in [0.15, 0.2) is 18.3 Å². The van der Waals surface area contributed by atoms with Gasteiger partial charge in [0.2, 0.25) is 0 Å². The highest BCUT2D eigenvalue weighted by molar-refractivity contribution is 7.22. The standard InChI is InChI=1S/C20H27N5OS/c1-13-10-14(2)17-16(11-13)27-20(22-17)25(9-7-8-23(4)5)19(26)18-15(3)12-21-24(18)6/h10-12H,7-9H2,1-6H3. The summed E-state index contributed by atoms with van der Waals surface area (Å²) in [6, 6.07) is 4.27. The van der Waals surface area contributed by atoms with Gasteiger partial charge in [0.25, 0.3) is 5.91 Å². The van der Waals surface area contributed by atoms with Crippen molar-refractivity contribution in [3.05, 3.63) is 40.7 Å². The molecule has 1 aromatic carbocycles. The third-order valence-electron chi connectivity index (χ3n) is 4.61. The van der Waals surface area contributed by atoms with E-state index in [1.807, 2.05) is 33.0 Å². The van der Waals surface area contributed by atoms with Gasteiger partial charge in [-0.1, -0.05) is 17.4 Å². The highest BCUT2D eigenvalue weighted by atomic mass is 32.1. The van der Waals surface area contributed by atoms with Crippen LogP contribution in [0, 0.1) is 20.8 Å². The van der Waals surface area contributed by atoms with Gasteiger partial charge in [-0.05, 0) is 70.6 Å². The van der Waals surface area contributed by atoms with Gasteiger partial charge in [-0.2, -0.15) is 5.10 Å². The Morgan fingerprint density at radius 1 is 1.15 bits per heavy atom. The van der Waals surface area contributed by atoms with E-state index in [4.69, 9.17) is 4.98 Å². The van der Waals surface area contributed by atoms with Gasteiger partial charge < -0.3 is 4.90 Å². The molecular formula is C20H27N5OS. The number of hydrogen-bond donors (Lipinski definition) is 0. The number of amides is 1. The molecular weight excluding hydrogens is 358 g/mol. The maximum Gasteiger partial charge on any atom is 0.278 e. The summed E-state index contributed by atoms with van der Waals surface area (Å²) >= 11 is 1.58. The first-order valence-corrected chi connectivity index (χ1v) is 9.92. The lowest BCUT2D eigenvalue weighted by Gasteiger charge is -2.21. The van der Waals surface area contributed by atoms with Crippen LogP contribution in [0.3, 0.4) is 0 Å². The van der Waals surface area contributed by atoms with Crippen molar-refractivity contribution in [2.24, 2.45) is 7.05 Å². The molecule has 0 fully saturated rings. The SMILES string of the molecule is Cc1cc(C)c2nc(N(CCCN(C)C)C(=O)c3c(C)cnn3C)sc2c1. The molecule has 0 bridgehead atoms. The van der Waals surface area contributed by atoms with Crippen molar-refractivity contribution in [1.82, 2.24) is 19.7 Å². The average molecular weight is 386 g/mol. The number of nitrogens with zero attached hydrogens (tertiary/aromatic N) is 5. The molecule has 3 aromatic rings. The predicted octanol–water partition coefficient (Wildman–Crippen LogP) is 3.55. The van der Waals surface area contributed by atoms with Crippen LogP contribution in [0.25, 0.3) is 10.2 Å². The van der Waals surface area contributed by atoms with Gasteiger partial charge in [-0.3, -0.25) is 14.4 Å². The van der Waals surface area contributed by atoms with E-state index in [9.17, 15) is 4.79 Å². The summed E-state index contributed by atoms with van der Waals surface area (Å²) in [6.45, 7) is 7.62. The Labute approximate surface area is 164 Å². The number of aryl methyl sites for hydroxylation is 4. The highest BCUT2D eigenvalue weighted by Gasteiger charge is 2.25. The zero-order valence-corrected chi connectivity index (χ0v) is 17.7. The molecule has 144 valence electrons. The van der Waals surface area contributed by atoms with Gasteiger partial charge in [0.15, 0.2) is 5.13 Å². The maximum atomic E-state index is 13.4. The van der Waals surface area contributed by atoms with Crippen LogP contribution < -0.4 is 4.90 Å². The monoisotopic (exact) mass is 385 g/mol. The van der Waals surface area contributed by atoms with Crippen LogP contribution >= 0.6 is 11.3 Å². The van der Waals surface area contributed by atoms with E-state index in [2.05, 4.69) is 36.0 Å². The highest BCUT2D eigenvalue weighted by Crippen LogP contribution is 2.32. The van der Waals surface area contributed by atoms with Crippen LogP contribution in [0.1, 0.15) is 33.6 Å². The number of hydrogen-bond acceptors (Lipinski definition) is 5. The molecule has 27 heavy (non-hydrogen) atoms. The largest absolute Gasteiger partial charge is 0.309 e. The van der Waals surface area contributed by atoms with Crippen LogP contribution in [0.5, 0.6) is 0 Å². The van der Waals surface area contributed by atoms with Crippen molar-refractivity contribution in [2.75, 3.05) is 32.1 Å². The molecule has 0 aliphatic carbocycles. The molecule has 0 radical (unpaired) electrons. The number of carbonyl (C=O) groups is 1. The first kappa shape index (κ1) is 19.5. The number of aromatic nitrogens is 3. The van der Waals surface area contributed by atoms with E-state index >= 15 is 0 Å². The summed E-state index contributed by atoms with van der Waals surface area (Å²) < 4.78 is 2.77. The fourth-order valence-corrected chi connectivity index (χ4v) is 4.45. The molecule has 0 spiro atoms. The summed E-state index contributed by atoms with van der Waals surface area (Å²) in [6.07, 6.45) is 2.61. The fraction of sp³-hybridized carbons (Fsp3) is 0.450. The van der Waals surface area contributed by atoms with Crippen molar-refractivity contribution in [2.45, 2.75) is 27.2 Å². The Hall–Kier alpha value is -2.25. The van der Waals surface area contributed by atoms with E-state index in [1.54, 1.807) is 22.2 Å². The second-order valence-electron chi connectivity index (χ2n) is 7.34. The second-order valence-corrected chi connectivity index (χ2v) is 8.35. The van der Waals surface area contributed by atoms with Gasteiger partial charge in [0.1, 0.15) is 5.69 Å². The molecule has 0 saturated carbocycles. The molecule has 0 atom stereocenters. The van der Waals surface area contributed by atoms with Gasteiger partial charge >= 0.3 is 0 Å². The molecule has 1 amide bonds. The molecule has 2 aromatic heterocycles. The van der Waals surface area contributed by atoms with Gasteiger partial charge in [0.05, 0.1) is 16.4 Å². The maximum absolute atomic E-state index is 13.4. The molecule has 3 rings (SSSR count). The summed E-state index contributed by atoms with van der Waals surface area (Å²) in [4.78, 5) is 22.1. The summed E-state index contributed by atoms with van der Waals surface area (Å²) in [5.74, 6) is -0.0420. The van der Waals surface area contributed by atoms with E-state index in [1.165, 1.54) is 5.56 Å². The minimum atomic E-state index is -0.0420. The third kappa shape index (κ3) is 4.04. The smallest absolute Gasteiger partial charge is 0.278 e. The predicted molar refractivity (Wildman–Crippen MR) is 112 cm³/mol. The third-order valence-corrected chi connectivity index (χ3v) is 5.63. The molecule has 0 aliphatic rings. The average Bonchev–Trinajstić information content (AvgIpc) is 3.14. The first-order chi connectivity index (χ1) is 12.8. The van der Waals surface area contributed by atoms with E-state index in [0.717, 1.165) is 39.4 Å². The van der Waals surface area contributed by atoms with Gasteiger partial charge in [0, 0.05) is 13.6 Å². The molecule has 7 heteroatoms. The van der Waals surface area contributed by atoms with Crippen molar-refractivity contribution < 1.29 is 4.79 Å². The fourth-order valence-electron chi connectivity index (χ4n) is 3.29. The molecule has 6 nitrogen and oxygen atoms in total. The zero-order valence-electron chi connectivity index (χ0n) is 16.9. The molecule has 0 aliphatic heterocycles. The molecule has 0 N–H and O–H groups in total. The summed E-state index contributed by atoms with van der Waals surface area (Å²) in [5, 5.41) is 4.99. The van der Waals surface area contributed by atoms with Crippen molar-refractivity contribution in [1.29, 1.82) is 0 Å². The van der Waals surface area contributed by atoms with Crippen LogP contribution in [0.2, 0.25) is 0 Å². The second kappa shape index (κ2) is 7.78. The Balaban J connectivity index is 2.01. The van der Waals surface area contributed by atoms with E-state index in [-0.39, 0.29) is 5.91 Å². The van der Waals surface area contributed by atoms with Crippen molar-refractivity contribution in [3.8, 4) is 0 Å². The first-order valence-electron chi connectivity index (χ1n) is 9.11. The number of thiazole rings is 1. The minimum absolute atomic E-state index is 0.0420. The Morgan fingerprint density at radius 2 is 1.89 bits per heavy atom. The lowest BCUT2D eigenvalue weighted by Crippen LogP contribution is -2.35. The summed E-state index contributed by atoms with van der Waals surface area (Å²) in [7, 11) is 5.90. The van der Waals surface area contributed by atoms with Gasteiger partial charge in [-0.25, -0.2) is 4.98 Å². The van der Waals surface area contributed by atoms with Gasteiger partial charge in [-0.15, -0.1) is 0 Å². The Bertz CT molecular complexity index is 953. The molecule has 2 heterocycles. The lowest BCUT2D eigenvalue weighted by atomic mass is 10.1. The number of benzene rings is 1. The Kier molecular flexibility index (Phi) is 5.62. The summed E-state index contributed by atoms with van der Waals surface area (Å²) in [5.41, 5.74) is 4.83. The van der Waals surface area contributed by atoms with E-state index < -0.39 is 0 Å². The van der Waals surface area contributed by atoms with E-state index in [0.29, 0.717) is 12.2 Å². The Morgan fingerprint density at radius 3 is 2.52 bits per heavy atom. The number of carbonyl (C=O) groups excluding carboxylic acids is 1. The van der Waals surface area contributed by atoms with Crippen LogP contribution in [-0.4, -0.2) is 52.8 Å².